The van der Waals surface area contributed by atoms with E-state index < -0.39 is 0 Å². The molecule has 1 aromatic heterocycles. The molecule has 0 aliphatic carbocycles. The number of likely N-dealkylation sites (tertiary alicyclic amines) is 1. The second-order valence-corrected chi connectivity index (χ2v) is 5.08. The van der Waals surface area contributed by atoms with Crippen LogP contribution in [0.1, 0.15) is 23.6 Å². The standard InChI is InChI=1S/C12H17NO2S/c1-15-12(14)10(11-5-4-8-16-11)9-13-6-2-3-7-13/h4-5,8,10H,2-3,6-7,9H2,1H3. The van der Waals surface area contributed by atoms with Crippen LogP contribution >= 0.6 is 11.3 Å². The van der Waals surface area contributed by atoms with Gasteiger partial charge < -0.3 is 9.64 Å². The summed E-state index contributed by atoms with van der Waals surface area (Å²) in [5.41, 5.74) is 0. The quantitative estimate of drug-likeness (QED) is 0.754. The predicted octanol–water partition coefficient (Wildman–Crippen LogP) is 2.10. The number of thiophene rings is 1. The summed E-state index contributed by atoms with van der Waals surface area (Å²) in [5.74, 6) is -0.225. The number of nitrogens with zero attached hydrogens (tertiary/aromatic N) is 1. The first-order valence-corrected chi connectivity index (χ1v) is 6.53. The van der Waals surface area contributed by atoms with Crippen LogP contribution < -0.4 is 0 Å². The van der Waals surface area contributed by atoms with Gasteiger partial charge in [-0.15, -0.1) is 11.3 Å². The summed E-state index contributed by atoms with van der Waals surface area (Å²) in [6.45, 7) is 3.02. The van der Waals surface area contributed by atoms with Crippen molar-refractivity contribution in [2.75, 3.05) is 26.7 Å². The summed E-state index contributed by atoms with van der Waals surface area (Å²) in [7, 11) is 1.47. The van der Waals surface area contributed by atoms with E-state index in [1.165, 1.54) is 20.0 Å². The van der Waals surface area contributed by atoms with E-state index in [9.17, 15) is 4.79 Å². The third-order valence-corrected chi connectivity index (χ3v) is 4.00. The topological polar surface area (TPSA) is 29.5 Å². The molecule has 4 heteroatoms. The highest BCUT2D eigenvalue weighted by molar-refractivity contribution is 7.10. The molecule has 88 valence electrons. The molecule has 16 heavy (non-hydrogen) atoms. The number of methoxy groups -OCH3 is 1. The maximum Gasteiger partial charge on any atom is 0.315 e. The highest BCUT2D eigenvalue weighted by Gasteiger charge is 2.26. The fraction of sp³-hybridized carbons (Fsp3) is 0.583. The monoisotopic (exact) mass is 239 g/mol. The molecule has 0 radical (unpaired) electrons. The summed E-state index contributed by atoms with van der Waals surface area (Å²) in [4.78, 5) is 15.2. The Balaban J connectivity index is 2.05. The number of ether oxygens (including phenoxy) is 1. The SMILES string of the molecule is COC(=O)C(CN1CCCC1)c1cccs1. The van der Waals surface area contributed by atoms with Crippen LogP contribution in [0.4, 0.5) is 0 Å². The summed E-state index contributed by atoms with van der Waals surface area (Å²) in [6, 6.07) is 4.00. The lowest BCUT2D eigenvalue weighted by Gasteiger charge is -2.20. The number of hydrogen-bond acceptors (Lipinski definition) is 4. The van der Waals surface area contributed by atoms with Crippen molar-refractivity contribution in [3.05, 3.63) is 22.4 Å². The zero-order valence-corrected chi connectivity index (χ0v) is 10.3. The molecule has 0 saturated carbocycles. The van der Waals surface area contributed by atoms with Crippen molar-refractivity contribution in [3.8, 4) is 0 Å². The highest BCUT2D eigenvalue weighted by Crippen LogP contribution is 2.25. The van der Waals surface area contributed by atoms with E-state index >= 15 is 0 Å². The Morgan fingerprint density at radius 1 is 1.56 bits per heavy atom. The summed E-state index contributed by atoms with van der Waals surface area (Å²) < 4.78 is 4.89. The summed E-state index contributed by atoms with van der Waals surface area (Å²) in [5, 5.41) is 2.01. The van der Waals surface area contributed by atoms with Crippen molar-refractivity contribution in [1.29, 1.82) is 0 Å². The second-order valence-electron chi connectivity index (χ2n) is 4.10. The van der Waals surface area contributed by atoms with Gasteiger partial charge in [-0.3, -0.25) is 4.79 Å². The molecule has 1 atom stereocenters. The molecule has 0 spiro atoms. The molecule has 1 aliphatic heterocycles. The van der Waals surface area contributed by atoms with E-state index in [-0.39, 0.29) is 11.9 Å². The van der Waals surface area contributed by atoms with Gasteiger partial charge in [0.05, 0.1) is 7.11 Å². The number of carbonyl (C=O) groups excluding carboxylic acids is 1. The van der Waals surface area contributed by atoms with Crippen molar-refractivity contribution in [1.82, 2.24) is 4.90 Å². The first-order valence-electron chi connectivity index (χ1n) is 5.65. The van der Waals surface area contributed by atoms with Gasteiger partial charge in [0.25, 0.3) is 0 Å². The summed E-state index contributed by atoms with van der Waals surface area (Å²) >= 11 is 1.63. The smallest absolute Gasteiger partial charge is 0.315 e. The second kappa shape index (κ2) is 5.46. The molecule has 1 fully saturated rings. The van der Waals surface area contributed by atoms with Gasteiger partial charge in [0.15, 0.2) is 0 Å². The highest BCUT2D eigenvalue weighted by atomic mass is 32.1. The van der Waals surface area contributed by atoms with E-state index in [4.69, 9.17) is 4.74 Å². The lowest BCUT2D eigenvalue weighted by atomic mass is 10.1. The molecule has 3 nitrogen and oxygen atoms in total. The predicted molar refractivity (Wildman–Crippen MR) is 64.8 cm³/mol. The van der Waals surface area contributed by atoms with Crippen molar-refractivity contribution in [2.24, 2.45) is 0 Å². The van der Waals surface area contributed by atoms with E-state index in [2.05, 4.69) is 4.90 Å². The van der Waals surface area contributed by atoms with Crippen molar-refractivity contribution >= 4 is 17.3 Å². The summed E-state index contributed by atoms with van der Waals surface area (Å²) in [6.07, 6.45) is 2.50. The number of carbonyl (C=O) groups is 1. The van der Waals surface area contributed by atoms with Gasteiger partial charge >= 0.3 is 5.97 Å². The minimum absolute atomic E-state index is 0.108. The first-order chi connectivity index (χ1) is 7.81. The third-order valence-electron chi connectivity index (χ3n) is 3.01. The molecule has 0 aromatic carbocycles. The van der Waals surface area contributed by atoms with E-state index in [0.717, 1.165) is 24.5 Å². The maximum absolute atomic E-state index is 11.8. The third kappa shape index (κ3) is 2.62. The Bertz CT molecular complexity index is 331. The van der Waals surface area contributed by atoms with E-state index in [1.54, 1.807) is 11.3 Å². The van der Waals surface area contributed by atoms with Crippen LogP contribution in [0.2, 0.25) is 0 Å². The molecule has 0 bridgehead atoms. The fourth-order valence-electron chi connectivity index (χ4n) is 2.14. The van der Waals surface area contributed by atoms with Crippen LogP contribution in [0.25, 0.3) is 0 Å². The van der Waals surface area contributed by atoms with Gasteiger partial charge in [0.1, 0.15) is 5.92 Å². The molecule has 1 aliphatic rings. The largest absolute Gasteiger partial charge is 0.468 e. The molecular weight excluding hydrogens is 222 g/mol. The number of hydrogen-bond donors (Lipinski definition) is 0. The van der Waals surface area contributed by atoms with Gasteiger partial charge in [-0.25, -0.2) is 0 Å². The van der Waals surface area contributed by atoms with Crippen molar-refractivity contribution in [2.45, 2.75) is 18.8 Å². The Morgan fingerprint density at radius 3 is 2.88 bits per heavy atom. The van der Waals surface area contributed by atoms with Gasteiger partial charge in [-0.2, -0.15) is 0 Å². The minimum Gasteiger partial charge on any atom is -0.468 e. The molecule has 0 amide bonds. The average Bonchev–Trinajstić information content (AvgIpc) is 2.97. The normalized spacial score (nSPS) is 18.6. The lowest BCUT2D eigenvalue weighted by molar-refractivity contribution is -0.142. The van der Waals surface area contributed by atoms with Crippen LogP contribution in [0.3, 0.4) is 0 Å². The number of esters is 1. The Hall–Kier alpha value is -0.870. The molecule has 2 heterocycles. The van der Waals surface area contributed by atoms with Gasteiger partial charge in [-0.1, -0.05) is 6.07 Å². The van der Waals surface area contributed by atoms with Crippen LogP contribution in [-0.2, 0) is 9.53 Å². The van der Waals surface area contributed by atoms with Crippen molar-refractivity contribution in [3.63, 3.8) is 0 Å². The Morgan fingerprint density at radius 2 is 2.31 bits per heavy atom. The molecule has 1 aromatic rings. The van der Waals surface area contributed by atoms with Crippen molar-refractivity contribution < 1.29 is 9.53 Å². The zero-order chi connectivity index (χ0) is 11.4. The first kappa shape index (κ1) is 11.6. The number of rotatable bonds is 4. The average molecular weight is 239 g/mol. The van der Waals surface area contributed by atoms with Gasteiger partial charge in [-0.05, 0) is 37.4 Å². The zero-order valence-electron chi connectivity index (χ0n) is 9.52. The van der Waals surface area contributed by atoms with Gasteiger partial charge in [0, 0.05) is 11.4 Å². The molecule has 0 N–H and O–H groups in total. The molecule has 2 rings (SSSR count). The Labute approximate surface area is 100 Å². The van der Waals surface area contributed by atoms with Gasteiger partial charge in [0.2, 0.25) is 0 Å². The lowest BCUT2D eigenvalue weighted by Crippen LogP contribution is -2.30. The minimum atomic E-state index is -0.116. The van der Waals surface area contributed by atoms with E-state index in [1.807, 2.05) is 17.5 Å². The molecule has 1 saturated heterocycles. The van der Waals surface area contributed by atoms with Crippen LogP contribution in [0.15, 0.2) is 17.5 Å². The van der Waals surface area contributed by atoms with Crippen LogP contribution in [0.5, 0.6) is 0 Å². The van der Waals surface area contributed by atoms with Crippen LogP contribution in [0, 0.1) is 0 Å². The Kier molecular flexibility index (Phi) is 3.96. The van der Waals surface area contributed by atoms with E-state index in [0.29, 0.717) is 0 Å². The molecular formula is C12H17NO2S. The molecule has 1 unspecified atom stereocenters. The fourth-order valence-corrected chi connectivity index (χ4v) is 2.94. The van der Waals surface area contributed by atoms with Crippen LogP contribution in [-0.4, -0.2) is 37.6 Å². The maximum atomic E-state index is 11.8.